The third kappa shape index (κ3) is 1.25. The number of allylic oxidation sites excluding steroid dienone is 1. The van der Waals surface area contributed by atoms with Gasteiger partial charge in [-0.1, -0.05) is 24.3 Å². The first-order chi connectivity index (χ1) is 10.3. The summed E-state index contributed by atoms with van der Waals surface area (Å²) in [5, 5.41) is 9.44. The number of benzene rings is 1. The Morgan fingerprint density at radius 1 is 1.14 bits per heavy atom. The average Bonchev–Trinajstić information content (AvgIpc) is 3.10. The van der Waals surface area contributed by atoms with E-state index in [-0.39, 0.29) is 0 Å². The number of aromatic nitrogens is 5. The smallest absolute Gasteiger partial charge is 0.152 e. The van der Waals surface area contributed by atoms with Gasteiger partial charge < -0.3 is 4.40 Å². The molecular weight excluding hydrogens is 262 g/mol. The molecule has 104 valence electrons. The van der Waals surface area contributed by atoms with Gasteiger partial charge in [0.15, 0.2) is 5.82 Å². The van der Waals surface area contributed by atoms with E-state index >= 15 is 0 Å². The highest BCUT2D eigenvalue weighted by Gasteiger charge is 2.20. The lowest BCUT2D eigenvalue weighted by atomic mass is 10.0. The first-order valence-corrected chi connectivity index (χ1v) is 7.13. The maximum Gasteiger partial charge on any atom is 0.152 e. The zero-order chi connectivity index (χ0) is 14.0. The second-order valence-electron chi connectivity index (χ2n) is 5.56. The van der Waals surface area contributed by atoms with E-state index in [1.165, 1.54) is 27.7 Å². The highest BCUT2D eigenvalue weighted by molar-refractivity contribution is 5.88. The van der Waals surface area contributed by atoms with Gasteiger partial charge in [0.2, 0.25) is 0 Å². The lowest BCUT2D eigenvalue weighted by molar-refractivity contribution is 0.821. The van der Waals surface area contributed by atoms with Crippen LogP contribution in [0.3, 0.4) is 0 Å². The molecule has 0 spiro atoms. The van der Waals surface area contributed by atoms with Gasteiger partial charge in [0.05, 0.1) is 16.6 Å². The molecule has 1 aromatic heterocycles. The summed E-state index contributed by atoms with van der Waals surface area (Å²) in [6.45, 7) is 2.17. The van der Waals surface area contributed by atoms with Crippen molar-refractivity contribution >= 4 is 22.6 Å². The molecule has 0 radical (unpaired) electrons. The molecule has 0 saturated heterocycles. The number of fused-ring (bicyclic) bond motifs is 5. The van der Waals surface area contributed by atoms with Crippen LogP contribution >= 0.6 is 0 Å². The Bertz CT molecular complexity index is 1030. The van der Waals surface area contributed by atoms with Gasteiger partial charge in [-0.2, -0.15) is 0 Å². The van der Waals surface area contributed by atoms with Gasteiger partial charge in [-0.25, -0.2) is 15.1 Å². The molecule has 5 heteroatoms. The fourth-order valence-corrected chi connectivity index (χ4v) is 3.46. The van der Waals surface area contributed by atoms with E-state index in [1.54, 1.807) is 0 Å². The monoisotopic (exact) mass is 277 g/mol. The molecule has 1 aliphatic carbocycles. The molecular formula is C16H15N5. The Hall–Kier alpha value is -2.82. The molecule has 0 bridgehead atoms. The molecule has 2 aliphatic heterocycles. The van der Waals surface area contributed by atoms with E-state index in [2.05, 4.69) is 74.1 Å². The van der Waals surface area contributed by atoms with Gasteiger partial charge in [-0.15, -0.1) is 0 Å². The minimum Gasteiger partial charge on any atom is -0.314 e. The van der Waals surface area contributed by atoms with Crippen molar-refractivity contribution in [2.75, 3.05) is 0 Å². The number of aromatic amines is 3. The SMILES string of the molecule is Cc1cn2c3c1C=CCc3c1[nH][nH][nH]n-1c1ccccc12. The summed E-state index contributed by atoms with van der Waals surface area (Å²) in [4.78, 5) is 0. The number of para-hydroxylation sites is 2. The van der Waals surface area contributed by atoms with Crippen LogP contribution in [-0.2, 0) is 6.42 Å². The Balaban J connectivity index is 2.20. The van der Waals surface area contributed by atoms with Crippen LogP contribution in [0.4, 0.5) is 0 Å². The first-order valence-electron chi connectivity index (χ1n) is 7.13. The summed E-state index contributed by atoms with van der Waals surface area (Å²) < 4.78 is 4.39. The molecule has 0 unspecified atom stereocenters. The molecule has 3 heterocycles. The van der Waals surface area contributed by atoms with E-state index in [0.29, 0.717) is 0 Å². The number of H-pyrrole nitrogens is 3. The zero-order valence-electron chi connectivity index (χ0n) is 11.6. The van der Waals surface area contributed by atoms with Crippen LogP contribution in [0, 0.1) is 6.92 Å². The van der Waals surface area contributed by atoms with Gasteiger partial charge in [-0.3, -0.25) is 5.10 Å². The van der Waals surface area contributed by atoms with Crippen molar-refractivity contribution in [3.63, 3.8) is 0 Å². The van der Waals surface area contributed by atoms with Gasteiger partial charge >= 0.3 is 0 Å². The van der Waals surface area contributed by atoms with E-state index in [1.807, 2.05) is 0 Å². The molecule has 1 aromatic carbocycles. The summed E-state index contributed by atoms with van der Waals surface area (Å²) in [6, 6.07) is 8.44. The molecule has 5 rings (SSSR count). The standard InChI is InChI=1S/C16H15N5/c1-10-9-20-13-7-2-3-8-14(13)21-16(17-18-19-21)12-6-4-5-11(10)15(12)20/h2-5,7-9,17-19H,6H2,1H3. The molecule has 3 aliphatic rings. The summed E-state index contributed by atoms with van der Waals surface area (Å²) in [5.41, 5.74) is 7.52. The molecule has 21 heavy (non-hydrogen) atoms. The zero-order valence-corrected chi connectivity index (χ0v) is 11.6. The van der Waals surface area contributed by atoms with Crippen LogP contribution in [0.1, 0.15) is 16.7 Å². The number of rotatable bonds is 0. The predicted octanol–water partition coefficient (Wildman–Crippen LogP) is 3.31. The van der Waals surface area contributed by atoms with E-state index < -0.39 is 0 Å². The molecule has 5 nitrogen and oxygen atoms in total. The minimum absolute atomic E-state index is 0.923. The largest absolute Gasteiger partial charge is 0.314 e. The molecule has 0 fully saturated rings. The summed E-state index contributed by atoms with van der Waals surface area (Å²) in [6.07, 6.45) is 7.62. The van der Waals surface area contributed by atoms with E-state index in [9.17, 15) is 0 Å². The Kier molecular flexibility index (Phi) is 1.89. The number of aryl methyl sites for hydroxylation is 1. The first kappa shape index (κ1) is 10.9. The van der Waals surface area contributed by atoms with Crippen LogP contribution in [0.5, 0.6) is 0 Å². The second-order valence-corrected chi connectivity index (χ2v) is 5.56. The lowest BCUT2D eigenvalue weighted by Gasteiger charge is -2.08. The maximum absolute atomic E-state index is 3.25. The lowest BCUT2D eigenvalue weighted by Crippen LogP contribution is -2.00. The quantitative estimate of drug-likeness (QED) is 0.442. The topological polar surface area (TPSA) is 56.7 Å². The highest BCUT2D eigenvalue weighted by Crippen LogP contribution is 2.33. The van der Waals surface area contributed by atoms with Crippen molar-refractivity contribution in [3.05, 3.63) is 53.2 Å². The summed E-state index contributed by atoms with van der Waals surface area (Å²) in [7, 11) is 0. The molecule has 0 saturated carbocycles. The number of nitrogens with zero attached hydrogens (tertiary/aromatic N) is 2. The van der Waals surface area contributed by atoms with Crippen LogP contribution in [0.25, 0.3) is 28.4 Å². The molecule has 2 aromatic rings. The maximum atomic E-state index is 3.25. The number of tetrazole rings is 1. The van der Waals surface area contributed by atoms with Crippen LogP contribution in [-0.4, -0.2) is 24.6 Å². The molecule has 0 atom stereocenters. The normalized spacial score (nSPS) is 13.6. The third-order valence-electron chi connectivity index (χ3n) is 4.38. The number of nitrogens with one attached hydrogen (secondary N) is 3. The third-order valence-corrected chi connectivity index (χ3v) is 4.38. The van der Waals surface area contributed by atoms with E-state index in [4.69, 9.17) is 0 Å². The van der Waals surface area contributed by atoms with Crippen molar-refractivity contribution in [1.29, 1.82) is 0 Å². The van der Waals surface area contributed by atoms with E-state index in [0.717, 1.165) is 17.8 Å². The average molecular weight is 277 g/mol. The van der Waals surface area contributed by atoms with Crippen molar-refractivity contribution < 1.29 is 0 Å². The van der Waals surface area contributed by atoms with Gasteiger partial charge in [-0.05, 0) is 31.0 Å². The number of hydrogen-bond donors (Lipinski definition) is 3. The van der Waals surface area contributed by atoms with Crippen LogP contribution in [0.2, 0.25) is 0 Å². The predicted molar refractivity (Wildman–Crippen MR) is 83.6 cm³/mol. The highest BCUT2D eigenvalue weighted by atomic mass is 15.6. The summed E-state index contributed by atoms with van der Waals surface area (Å²) in [5.74, 6) is 1.07. The van der Waals surface area contributed by atoms with Gasteiger partial charge in [0, 0.05) is 17.3 Å². The summed E-state index contributed by atoms with van der Waals surface area (Å²) >= 11 is 0. The fourth-order valence-electron chi connectivity index (χ4n) is 3.46. The Labute approximate surface area is 120 Å². The van der Waals surface area contributed by atoms with Gasteiger partial charge in [0.25, 0.3) is 0 Å². The molecule has 3 N–H and O–H groups in total. The Morgan fingerprint density at radius 2 is 2.00 bits per heavy atom. The Morgan fingerprint density at radius 3 is 2.90 bits per heavy atom. The second kappa shape index (κ2) is 3.63. The van der Waals surface area contributed by atoms with Crippen molar-refractivity contribution in [1.82, 2.24) is 24.6 Å². The van der Waals surface area contributed by atoms with Crippen molar-refractivity contribution in [2.45, 2.75) is 13.3 Å². The fraction of sp³-hybridized carbons (Fsp3) is 0.125. The number of hydrogen-bond acceptors (Lipinski definition) is 0. The molecule has 0 amide bonds. The van der Waals surface area contributed by atoms with Crippen molar-refractivity contribution in [3.8, 4) is 5.82 Å². The van der Waals surface area contributed by atoms with Crippen molar-refractivity contribution in [2.24, 2.45) is 0 Å². The minimum atomic E-state index is 0.923. The van der Waals surface area contributed by atoms with Gasteiger partial charge in [0.1, 0.15) is 0 Å². The van der Waals surface area contributed by atoms with Crippen LogP contribution in [0.15, 0.2) is 36.5 Å². The van der Waals surface area contributed by atoms with Crippen LogP contribution < -0.4 is 0 Å².